The van der Waals surface area contributed by atoms with Gasteiger partial charge < -0.3 is 5.73 Å². The van der Waals surface area contributed by atoms with Crippen molar-refractivity contribution in [2.45, 2.75) is 12.5 Å². The van der Waals surface area contributed by atoms with E-state index < -0.39 is 0 Å². The molecular weight excluding hydrogens is 335 g/mol. The van der Waals surface area contributed by atoms with E-state index in [1.54, 1.807) is 4.90 Å². The Morgan fingerprint density at radius 3 is 3.06 bits per heavy atom. The van der Waals surface area contributed by atoms with Gasteiger partial charge in [-0.15, -0.1) is 0 Å². The van der Waals surface area contributed by atoms with Crippen molar-refractivity contribution in [1.29, 1.82) is 0 Å². The fraction of sp³-hybridized carbons (Fsp3) is 0.333. The summed E-state index contributed by atoms with van der Waals surface area (Å²) in [6.07, 6.45) is 1.77. The summed E-state index contributed by atoms with van der Waals surface area (Å²) in [5.74, 6) is 0.584. The summed E-state index contributed by atoms with van der Waals surface area (Å²) in [4.78, 5) is 21.6. The number of aromatic amines is 1. The second kappa shape index (κ2) is 3.88. The first-order valence-corrected chi connectivity index (χ1v) is 6.15. The zero-order chi connectivity index (χ0) is 12.0. The SMILES string of the molecule is NC1CC(=O)N(c2ncnc3n[nH]c(I)c23)C1. The fourth-order valence-electron chi connectivity index (χ4n) is 1.95. The van der Waals surface area contributed by atoms with E-state index in [2.05, 4.69) is 42.8 Å². The number of hydrogen-bond acceptors (Lipinski definition) is 5. The highest BCUT2D eigenvalue weighted by molar-refractivity contribution is 14.1. The zero-order valence-electron chi connectivity index (χ0n) is 8.72. The molecule has 2 aromatic rings. The van der Waals surface area contributed by atoms with Crippen LogP contribution >= 0.6 is 22.6 Å². The topological polar surface area (TPSA) is 101 Å². The van der Waals surface area contributed by atoms with Crippen molar-refractivity contribution in [1.82, 2.24) is 20.2 Å². The number of nitrogens with two attached hydrogens (primary N) is 1. The van der Waals surface area contributed by atoms with E-state index in [-0.39, 0.29) is 11.9 Å². The molecule has 3 rings (SSSR count). The lowest BCUT2D eigenvalue weighted by Gasteiger charge is -2.15. The van der Waals surface area contributed by atoms with E-state index in [4.69, 9.17) is 5.73 Å². The van der Waals surface area contributed by atoms with Gasteiger partial charge in [0.2, 0.25) is 5.91 Å². The van der Waals surface area contributed by atoms with E-state index in [1.165, 1.54) is 6.33 Å². The maximum atomic E-state index is 11.8. The molecule has 88 valence electrons. The van der Waals surface area contributed by atoms with Crippen molar-refractivity contribution in [3.8, 4) is 0 Å². The number of amides is 1. The second-order valence-electron chi connectivity index (χ2n) is 3.90. The van der Waals surface area contributed by atoms with Gasteiger partial charge in [-0.3, -0.25) is 14.8 Å². The lowest BCUT2D eigenvalue weighted by molar-refractivity contribution is -0.117. The highest BCUT2D eigenvalue weighted by Crippen LogP contribution is 2.28. The van der Waals surface area contributed by atoms with Crippen LogP contribution in [0.15, 0.2) is 6.33 Å². The molecule has 0 saturated carbocycles. The number of fused-ring (bicyclic) bond motifs is 1. The lowest BCUT2D eigenvalue weighted by Crippen LogP contribution is -2.29. The van der Waals surface area contributed by atoms with E-state index in [0.717, 1.165) is 9.09 Å². The molecule has 1 atom stereocenters. The summed E-state index contributed by atoms with van der Waals surface area (Å²) in [5.41, 5.74) is 6.34. The molecule has 3 N–H and O–H groups in total. The first-order valence-electron chi connectivity index (χ1n) is 5.07. The van der Waals surface area contributed by atoms with Gasteiger partial charge in [-0.05, 0) is 22.6 Å². The highest BCUT2D eigenvalue weighted by atomic mass is 127. The van der Waals surface area contributed by atoms with Gasteiger partial charge in [-0.25, -0.2) is 9.97 Å². The van der Waals surface area contributed by atoms with E-state index in [9.17, 15) is 4.79 Å². The van der Waals surface area contributed by atoms with Gasteiger partial charge in [-0.2, -0.15) is 5.10 Å². The van der Waals surface area contributed by atoms with Crippen LogP contribution in [0.1, 0.15) is 6.42 Å². The first-order chi connectivity index (χ1) is 8.16. The number of nitrogens with one attached hydrogen (secondary N) is 1. The van der Waals surface area contributed by atoms with Crippen LogP contribution in [0.5, 0.6) is 0 Å². The van der Waals surface area contributed by atoms with E-state index in [1.807, 2.05) is 0 Å². The van der Waals surface area contributed by atoms with Crippen LogP contribution in [0, 0.1) is 3.70 Å². The Bertz CT molecular complexity index is 596. The number of H-pyrrole nitrogens is 1. The summed E-state index contributed by atoms with van der Waals surface area (Å²) in [5, 5.41) is 7.65. The molecule has 8 heteroatoms. The maximum absolute atomic E-state index is 11.8. The fourth-order valence-corrected chi connectivity index (χ4v) is 2.55. The standard InChI is InChI=1S/C9H9IN6O/c10-7-6-8(15-14-7)12-3-13-9(6)16-2-4(11)1-5(16)17/h3-4H,1-2,11H2,(H,12,13,14,15). The van der Waals surface area contributed by atoms with E-state index >= 15 is 0 Å². The van der Waals surface area contributed by atoms with Gasteiger partial charge in [0.15, 0.2) is 11.5 Å². The Morgan fingerprint density at radius 2 is 2.35 bits per heavy atom. The molecule has 0 bridgehead atoms. The Morgan fingerprint density at radius 1 is 1.53 bits per heavy atom. The zero-order valence-corrected chi connectivity index (χ0v) is 10.9. The minimum absolute atomic E-state index is 0.00509. The summed E-state index contributed by atoms with van der Waals surface area (Å²) >= 11 is 2.11. The summed E-state index contributed by atoms with van der Waals surface area (Å²) in [6.45, 7) is 0.492. The number of halogens is 1. The van der Waals surface area contributed by atoms with Crippen LogP contribution in [0.2, 0.25) is 0 Å². The predicted octanol–water partition coefficient (Wildman–Crippen LogP) is 0.0215. The number of anilines is 1. The first kappa shape index (κ1) is 10.8. The number of rotatable bonds is 1. The van der Waals surface area contributed by atoms with Crippen LogP contribution in [0.3, 0.4) is 0 Å². The molecule has 2 aromatic heterocycles. The highest BCUT2D eigenvalue weighted by Gasteiger charge is 2.31. The average molecular weight is 344 g/mol. The Balaban J connectivity index is 2.17. The smallest absolute Gasteiger partial charge is 0.229 e. The van der Waals surface area contributed by atoms with Crippen LogP contribution in [-0.4, -0.2) is 38.7 Å². The molecule has 1 saturated heterocycles. The molecule has 0 aliphatic carbocycles. The summed E-state index contributed by atoms with van der Waals surface area (Å²) in [7, 11) is 0. The van der Waals surface area contributed by atoms with E-state index in [0.29, 0.717) is 24.4 Å². The minimum Gasteiger partial charge on any atom is -0.326 e. The molecular formula is C9H9IN6O. The van der Waals surface area contributed by atoms with Gasteiger partial charge >= 0.3 is 0 Å². The molecule has 7 nitrogen and oxygen atoms in total. The molecule has 1 amide bonds. The van der Waals surface area contributed by atoms with Gasteiger partial charge in [0, 0.05) is 19.0 Å². The lowest BCUT2D eigenvalue weighted by atomic mass is 10.3. The second-order valence-corrected chi connectivity index (χ2v) is 4.98. The third-order valence-corrected chi connectivity index (χ3v) is 3.48. The third kappa shape index (κ3) is 1.67. The van der Waals surface area contributed by atoms with Crippen LogP contribution in [-0.2, 0) is 4.79 Å². The molecule has 1 aliphatic rings. The van der Waals surface area contributed by atoms with Crippen LogP contribution in [0.25, 0.3) is 11.0 Å². The van der Waals surface area contributed by atoms with Crippen LogP contribution < -0.4 is 10.6 Å². The maximum Gasteiger partial charge on any atom is 0.229 e. The number of nitrogens with zero attached hydrogens (tertiary/aromatic N) is 4. The summed E-state index contributed by atoms with van der Waals surface area (Å²) in [6, 6.07) is -0.128. The van der Waals surface area contributed by atoms with Crippen molar-refractivity contribution >= 4 is 45.3 Å². The summed E-state index contributed by atoms with van der Waals surface area (Å²) < 4.78 is 0.821. The van der Waals surface area contributed by atoms with Crippen molar-refractivity contribution in [3.05, 3.63) is 10.0 Å². The molecule has 0 aromatic carbocycles. The molecule has 1 fully saturated rings. The Hall–Kier alpha value is -1.29. The van der Waals surface area contributed by atoms with Crippen molar-refractivity contribution in [3.63, 3.8) is 0 Å². The van der Waals surface area contributed by atoms with Gasteiger partial charge in [-0.1, -0.05) is 0 Å². The van der Waals surface area contributed by atoms with Gasteiger partial charge in [0.05, 0.1) is 5.39 Å². The number of hydrogen-bond donors (Lipinski definition) is 2. The molecule has 3 heterocycles. The van der Waals surface area contributed by atoms with Crippen molar-refractivity contribution in [2.75, 3.05) is 11.4 Å². The number of aromatic nitrogens is 4. The molecule has 0 spiro atoms. The van der Waals surface area contributed by atoms with Crippen LogP contribution in [0.4, 0.5) is 5.82 Å². The molecule has 17 heavy (non-hydrogen) atoms. The van der Waals surface area contributed by atoms with Crippen molar-refractivity contribution in [2.24, 2.45) is 5.73 Å². The van der Waals surface area contributed by atoms with Gasteiger partial charge in [0.1, 0.15) is 10.0 Å². The predicted molar refractivity (Wildman–Crippen MR) is 69.3 cm³/mol. The van der Waals surface area contributed by atoms with Crippen molar-refractivity contribution < 1.29 is 4.79 Å². The number of carbonyl (C=O) groups is 1. The molecule has 1 aliphatic heterocycles. The largest absolute Gasteiger partial charge is 0.326 e. The molecule has 0 radical (unpaired) electrons. The third-order valence-electron chi connectivity index (χ3n) is 2.70. The Labute approximate surface area is 110 Å². The Kier molecular flexibility index (Phi) is 2.47. The molecule has 1 unspecified atom stereocenters. The average Bonchev–Trinajstić information content (AvgIpc) is 2.83. The quantitative estimate of drug-likeness (QED) is 0.711. The normalized spacial score (nSPS) is 20.5. The monoisotopic (exact) mass is 344 g/mol. The number of carbonyl (C=O) groups excluding carboxylic acids is 1. The van der Waals surface area contributed by atoms with Gasteiger partial charge in [0.25, 0.3) is 0 Å². The minimum atomic E-state index is -0.128.